The van der Waals surface area contributed by atoms with E-state index in [2.05, 4.69) is 4.98 Å². The third kappa shape index (κ3) is 7.66. The molecular weight excluding hydrogens is 614 g/mol. The Balaban J connectivity index is 1.41. The predicted octanol–water partition coefficient (Wildman–Crippen LogP) is 7.08. The number of fused-ring (bicyclic) bond motifs is 1. The van der Waals surface area contributed by atoms with Crippen molar-refractivity contribution in [1.82, 2.24) is 4.98 Å². The Hall–Kier alpha value is -3.92. The predicted molar refractivity (Wildman–Crippen MR) is 176 cm³/mol. The van der Waals surface area contributed by atoms with E-state index in [1.165, 1.54) is 7.11 Å². The van der Waals surface area contributed by atoms with Gasteiger partial charge in [0.25, 0.3) is 0 Å². The molecule has 0 spiro atoms. The van der Waals surface area contributed by atoms with Gasteiger partial charge < -0.3 is 19.7 Å². The lowest BCUT2D eigenvalue weighted by atomic mass is 9.91. The van der Waals surface area contributed by atoms with Crippen LogP contribution in [0.4, 0.5) is 0 Å². The van der Waals surface area contributed by atoms with Gasteiger partial charge in [-0.2, -0.15) is 0 Å². The molecule has 236 valence electrons. The average molecular weight is 650 g/mol. The van der Waals surface area contributed by atoms with Crippen molar-refractivity contribution in [2.75, 3.05) is 19.5 Å². The molecule has 0 aliphatic heterocycles. The van der Waals surface area contributed by atoms with Gasteiger partial charge in [0.1, 0.15) is 18.1 Å². The highest BCUT2D eigenvalue weighted by atomic mass is 35.5. The van der Waals surface area contributed by atoms with Crippen LogP contribution in [0.1, 0.15) is 60.7 Å². The summed E-state index contributed by atoms with van der Waals surface area (Å²) in [7, 11) is -2.37. The van der Waals surface area contributed by atoms with Crippen LogP contribution in [0.15, 0.2) is 72.8 Å². The lowest BCUT2D eigenvalue weighted by Crippen LogP contribution is -2.30. The van der Waals surface area contributed by atoms with Crippen LogP contribution >= 0.6 is 11.6 Å². The fourth-order valence-electron chi connectivity index (χ4n) is 5.77. The Kier molecular flexibility index (Phi) is 9.26. The highest BCUT2D eigenvalue weighted by Gasteiger charge is 2.56. The lowest BCUT2D eigenvalue weighted by molar-refractivity contribution is -0.138. The average Bonchev–Trinajstić information content (AvgIpc) is 3.74. The van der Waals surface area contributed by atoms with Crippen molar-refractivity contribution in [1.29, 1.82) is 0 Å². The lowest BCUT2D eigenvalue weighted by Gasteiger charge is -2.27. The number of aliphatic carboxylic acids is 1. The van der Waals surface area contributed by atoms with E-state index < -0.39 is 32.1 Å². The molecule has 45 heavy (non-hydrogen) atoms. The minimum Gasteiger partial charge on any atom is -0.497 e. The smallest absolute Gasteiger partial charge is 0.303 e. The van der Waals surface area contributed by atoms with E-state index in [0.717, 1.165) is 16.5 Å². The minimum atomic E-state index is -3.88. The standard InChI is InChI=1S/C35H36ClNO7S/c1-34(2,40)29-21-28(43-3)13-14-31(29)44-17-18-45(41,42)33(35(15-16-35)22-32(38)39)25-6-4-5-23(19-25)7-11-27-12-9-24-8-10-26(36)20-30(24)37-27/h4-14,19-21,33,40H,15-18,22H2,1-3H3,(H,38,39)/b11-7+/t33-/m1/s1. The second kappa shape index (κ2) is 12.8. The maximum absolute atomic E-state index is 14.0. The Morgan fingerprint density at radius 1 is 1.07 bits per heavy atom. The number of carboxylic acid groups (broad SMARTS) is 1. The molecule has 8 nitrogen and oxygen atoms in total. The molecule has 2 N–H and O–H groups in total. The van der Waals surface area contributed by atoms with E-state index >= 15 is 0 Å². The summed E-state index contributed by atoms with van der Waals surface area (Å²) in [5.74, 6) is -0.486. The highest BCUT2D eigenvalue weighted by Crippen LogP contribution is 2.60. The Bertz CT molecular complexity index is 1860. The van der Waals surface area contributed by atoms with E-state index in [0.29, 0.717) is 46.2 Å². The van der Waals surface area contributed by atoms with Gasteiger partial charge >= 0.3 is 5.97 Å². The van der Waals surface area contributed by atoms with Crippen LogP contribution in [0, 0.1) is 5.41 Å². The van der Waals surface area contributed by atoms with Gasteiger partial charge in [-0.15, -0.1) is 0 Å². The van der Waals surface area contributed by atoms with Crippen LogP contribution in [-0.4, -0.2) is 49.1 Å². The van der Waals surface area contributed by atoms with E-state index in [1.807, 2.05) is 42.5 Å². The number of halogens is 1. The zero-order valence-electron chi connectivity index (χ0n) is 25.4. The molecule has 0 unspecified atom stereocenters. The van der Waals surface area contributed by atoms with E-state index in [4.69, 9.17) is 21.1 Å². The number of carbonyl (C=O) groups is 1. The molecule has 1 heterocycles. The third-order valence-electron chi connectivity index (χ3n) is 8.12. The molecule has 1 aromatic heterocycles. The van der Waals surface area contributed by atoms with E-state index in [1.54, 1.807) is 56.3 Å². The number of ether oxygens (including phenoxy) is 2. The minimum absolute atomic E-state index is 0.172. The van der Waals surface area contributed by atoms with Crippen molar-refractivity contribution in [3.8, 4) is 11.5 Å². The number of hydrogen-bond acceptors (Lipinski definition) is 7. The number of methoxy groups -OCH3 is 1. The number of carboxylic acids is 1. The molecule has 4 aromatic rings. The summed E-state index contributed by atoms with van der Waals surface area (Å²) in [6.07, 6.45) is 4.44. The number of benzene rings is 3. The molecule has 3 aromatic carbocycles. The largest absolute Gasteiger partial charge is 0.497 e. The van der Waals surface area contributed by atoms with E-state index in [-0.39, 0.29) is 18.8 Å². The van der Waals surface area contributed by atoms with Crippen LogP contribution in [0.3, 0.4) is 0 Å². The molecule has 1 aliphatic rings. The van der Waals surface area contributed by atoms with Crippen molar-refractivity contribution in [3.05, 3.63) is 100 Å². The number of pyridine rings is 1. The van der Waals surface area contributed by atoms with Crippen molar-refractivity contribution in [2.45, 2.75) is 44.0 Å². The van der Waals surface area contributed by atoms with Crippen LogP contribution in [0.2, 0.25) is 5.02 Å². The summed E-state index contributed by atoms with van der Waals surface area (Å²) in [5.41, 5.74) is 1.08. The first-order chi connectivity index (χ1) is 21.3. The van der Waals surface area contributed by atoms with Crippen LogP contribution in [0.5, 0.6) is 11.5 Å². The van der Waals surface area contributed by atoms with Crippen molar-refractivity contribution in [2.24, 2.45) is 5.41 Å². The first-order valence-corrected chi connectivity index (χ1v) is 16.7. The summed E-state index contributed by atoms with van der Waals surface area (Å²) in [6.45, 7) is 3.04. The van der Waals surface area contributed by atoms with Crippen LogP contribution in [-0.2, 0) is 20.2 Å². The second-order valence-electron chi connectivity index (χ2n) is 12.0. The molecule has 1 aliphatic carbocycles. The number of sulfone groups is 1. The number of aliphatic hydroxyl groups is 1. The Morgan fingerprint density at radius 2 is 1.82 bits per heavy atom. The van der Waals surface area contributed by atoms with Gasteiger partial charge in [-0.25, -0.2) is 13.4 Å². The maximum atomic E-state index is 14.0. The highest BCUT2D eigenvalue weighted by molar-refractivity contribution is 7.91. The van der Waals surface area contributed by atoms with Gasteiger partial charge in [-0.3, -0.25) is 4.79 Å². The molecular formula is C35H36ClNO7S. The number of hydrogen-bond donors (Lipinski definition) is 2. The monoisotopic (exact) mass is 649 g/mol. The number of aromatic nitrogens is 1. The molecule has 10 heteroatoms. The SMILES string of the molecule is COc1ccc(OCCS(=O)(=O)[C@H](c2cccc(/C=C/c3ccc4ccc(Cl)cc4n3)c2)C2(CC(=O)O)CC2)c(C(C)(C)O)c1. The summed E-state index contributed by atoms with van der Waals surface area (Å²) < 4.78 is 39.2. The fourth-order valence-corrected chi connectivity index (χ4v) is 8.13. The van der Waals surface area contributed by atoms with Crippen LogP contribution in [0.25, 0.3) is 23.1 Å². The fraction of sp³-hybridized carbons (Fsp3) is 0.314. The molecule has 1 atom stereocenters. The molecule has 1 saturated carbocycles. The van der Waals surface area contributed by atoms with Gasteiger partial charge in [-0.1, -0.05) is 54.1 Å². The van der Waals surface area contributed by atoms with Gasteiger partial charge in [-0.05, 0) is 80.3 Å². The molecule has 0 bridgehead atoms. The van der Waals surface area contributed by atoms with E-state index in [9.17, 15) is 23.4 Å². The molecule has 0 radical (unpaired) electrons. The zero-order valence-corrected chi connectivity index (χ0v) is 26.9. The van der Waals surface area contributed by atoms with Crippen molar-refractivity contribution in [3.63, 3.8) is 0 Å². The Labute approximate surface area is 268 Å². The second-order valence-corrected chi connectivity index (χ2v) is 14.7. The number of rotatable bonds is 13. The van der Waals surface area contributed by atoms with Gasteiger partial charge in [0.05, 0.1) is 41.3 Å². The summed E-state index contributed by atoms with van der Waals surface area (Å²) in [6, 6.07) is 21.5. The summed E-state index contributed by atoms with van der Waals surface area (Å²) >= 11 is 6.13. The van der Waals surface area contributed by atoms with Crippen LogP contribution < -0.4 is 9.47 Å². The molecule has 5 rings (SSSR count). The van der Waals surface area contributed by atoms with Gasteiger partial charge in [0.15, 0.2) is 9.84 Å². The van der Waals surface area contributed by atoms with Gasteiger partial charge in [0, 0.05) is 21.4 Å². The summed E-state index contributed by atoms with van der Waals surface area (Å²) in [4.78, 5) is 16.5. The topological polar surface area (TPSA) is 123 Å². The molecule has 0 amide bonds. The normalized spacial score (nSPS) is 15.2. The third-order valence-corrected chi connectivity index (χ3v) is 10.6. The first-order valence-electron chi connectivity index (χ1n) is 14.6. The number of nitrogens with zero attached hydrogens (tertiary/aromatic N) is 1. The van der Waals surface area contributed by atoms with Gasteiger partial charge in [0.2, 0.25) is 0 Å². The zero-order chi connectivity index (χ0) is 32.4. The first kappa shape index (κ1) is 32.5. The molecule has 1 fully saturated rings. The van der Waals surface area contributed by atoms with Crippen molar-refractivity contribution >= 4 is 50.5 Å². The maximum Gasteiger partial charge on any atom is 0.303 e. The Morgan fingerprint density at radius 3 is 2.51 bits per heavy atom. The molecule has 0 saturated heterocycles. The summed E-state index contributed by atoms with van der Waals surface area (Å²) in [5, 5.41) is 20.9. The van der Waals surface area contributed by atoms with Crippen molar-refractivity contribution < 1.29 is 32.9 Å². The quantitative estimate of drug-likeness (QED) is 0.157.